The van der Waals surface area contributed by atoms with Gasteiger partial charge in [-0.3, -0.25) is 0 Å². The Bertz CT molecular complexity index is 597. The maximum atomic E-state index is 13.6. The van der Waals surface area contributed by atoms with E-state index in [2.05, 4.69) is 0 Å². The van der Waals surface area contributed by atoms with Crippen LogP contribution in [0.15, 0.2) is 30.3 Å². The fourth-order valence-corrected chi connectivity index (χ4v) is 1.58. The van der Waals surface area contributed by atoms with E-state index in [9.17, 15) is 8.78 Å². The summed E-state index contributed by atoms with van der Waals surface area (Å²) in [6, 6.07) is 7.75. The van der Waals surface area contributed by atoms with E-state index in [1.54, 1.807) is 6.07 Å². The van der Waals surface area contributed by atoms with Crippen LogP contribution in [0.25, 0.3) is 0 Å². The summed E-state index contributed by atoms with van der Waals surface area (Å²) >= 11 is 0. The number of hydrogen-bond donors (Lipinski definition) is 1. The molecule has 0 saturated heterocycles. The SMILES string of the molecule is Cc1ccc(C)c(Oc2c(N)ccc(F)c2F)c1. The molecule has 0 aromatic heterocycles. The first kappa shape index (κ1) is 12.4. The molecule has 2 nitrogen and oxygen atoms in total. The average Bonchev–Trinajstić information content (AvgIpc) is 2.34. The highest BCUT2D eigenvalue weighted by Crippen LogP contribution is 2.33. The number of halogens is 2. The van der Waals surface area contributed by atoms with Gasteiger partial charge in [0.15, 0.2) is 11.6 Å². The monoisotopic (exact) mass is 249 g/mol. The molecule has 0 fully saturated rings. The Morgan fingerprint density at radius 3 is 2.50 bits per heavy atom. The Balaban J connectivity index is 2.46. The highest BCUT2D eigenvalue weighted by Gasteiger charge is 2.15. The van der Waals surface area contributed by atoms with Gasteiger partial charge in [-0.15, -0.1) is 0 Å². The Kier molecular flexibility index (Phi) is 3.19. The van der Waals surface area contributed by atoms with Crippen LogP contribution in [-0.2, 0) is 0 Å². The minimum absolute atomic E-state index is 0.0646. The topological polar surface area (TPSA) is 35.2 Å². The minimum Gasteiger partial charge on any atom is -0.452 e. The summed E-state index contributed by atoms with van der Waals surface area (Å²) in [5, 5.41) is 0. The predicted molar refractivity (Wildman–Crippen MR) is 66.8 cm³/mol. The van der Waals surface area contributed by atoms with Crippen molar-refractivity contribution in [3.8, 4) is 11.5 Å². The van der Waals surface area contributed by atoms with Crippen molar-refractivity contribution in [3.05, 3.63) is 53.1 Å². The van der Waals surface area contributed by atoms with Gasteiger partial charge in [0.2, 0.25) is 5.82 Å². The van der Waals surface area contributed by atoms with E-state index in [-0.39, 0.29) is 11.4 Å². The number of ether oxygens (including phenoxy) is 1. The highest BCUT2D eigenvalue weighted by molar-refractivity contribution is 5.55. The Morgan fingerprint density at radius 2 is 1.78 bits per heavy atom. The molecule has 2 rings (SSSR count). The lowest BCUT2D eigenvalue weighted by Crippen LogP contribution is -1.99. The van der Waals surface area contributed by atoms with Crippen molar-refractivity contribution in [1.82, 2.24) is 0 Å². The number of rotatable bonds is 2. The van der Waals surface area contributed by atoms with Crippen molar-refractivity contribution in [2.45, 2.75) is 13.8 Å². The summed E-state index contributed by atoms with van der Waals surface area (Å²) in [6.45, 7) is 3.71. The zero-order valence-corrected chi connectivity index (χ0v) is 10.1. The predicted octanol–water partition coefficient (Wildman–Crippen LogP) is 3.96. The van der Waals surface area contributed by atoms with E-state index in [1.807, 2.05) is 26.0 Å². The van der Waals surface area contributed by atoms with E-state index >= 15 is 0 Å². The second-order valence-corrected chi connectivity index (χ2v) is 4.15. The minimum atomic E-state index is -1.07. The van der Waals surface area contributed by atoms with Crippen molar-refractivity contribution in [2.24, 2.45) is 0 Å². The van der Waals surface area contributed by atoms with Gasteiger partial charge in [0, 0.05) is 0 Å². The van der Waals surface area contributed by atoms with Crippen molar-refractivity contribution in [3.63, 3.8) is 0 Å². The molecule has 4 heteroatoms. The summed E-state index contributed by atoms with van der Waals surface area (Å²) in [4.78, 5) is 0. The van der Waals surface area contributed by atoms with Crippen LogP contribution in [0.1, 0.15) is 11.1 Å². The van der Waals surface area contributed by atoms with Crippen LogP contribution in [-0.4, -0.2) is 0 Å². The number of aryl methyl sites for hydroxylation is 2. The first-order valence-electron chi connectivity index (χ1n) is 5.47. The second kappa shape index (κ2) is 4.64. The summed E-state index contributed by atoms with van der Waals surface area (Å²) in [5.74, 6) is -1.87. The molecule has 0 heterocycles. The van der Waals surface area contributed by atoms with Crippen molar-refractivity contribution < 1.29 is 13.5 Å². The fraction of sp³-hybridized carbons (Fsp3) is 0.143. The van der Waals surface area contributed by atoms with Gasteiger partial charge in [-0.1, -0.05) is 12.1 Å². The van der Waals surface area contributed by atoms with Crippen molar-refractivity contribution >= 4 is 5.69 Å². The molecule has 0 amide bonds. The highest BCUT2D eigenvalue weighted by atomic mass is 19.2. The molecular formula is C14H13F2NO. The van der Waals surface area contributed by atoms with Crippen LogP contribution in [0.5, 0.6) is 11.5 Å². The van der Waals surface area contributed by atoms with Crippen LogP contribution in [0.3, 0.4) is 0 Å². The van der Waals surface area contributed by atoms with Crippen LogP contribution in [0, 0.1) is 25.5 Å². The molecule has 18 heavy (non-hydrogen) atoms. The molecule has 0 atom stereocenters. The fourth-order valence-electron chi connectivity index (χ4n) is 1.58. The van der Waals surface area contributed by atoms with E-state index in [4.69, 9.17) is 10.5 Å². The molecule has 0 spiro atoms. The molecule has 0 aliphatic rings. The average molecular weight is 249 g/mol. The lowest BCUT2D eigenvalue weighted by Gasteiger charge is -2.12. The zero-order chi connectivity index (χ0) is 13.3. The molecular weight excluding hydrogens is 236 g/mol. The first-order chi connectivity index (χ1) is 8.49. The third-order valence-corrected chi connectivity index (χ3v) is 2.64. The summed E-state index contributed by atoms with van der Waals surface area (Å²) in [7, 11) is 0. The van der Waals surface area contributed by atoms with Crippen LogP contribution < -0.4 is 10.5 Å². The van der Waals surface area contributed by atoms with Gasteiger partial charge in [-0.2, -0.15) is 4.39 Å². The van der Waals surface area contributed by atoms with Gasteiger partial charge in [-0.25, -0.2) is 4.39 Å². The quantitative estimate of drug-likeness (QED) is 0.818. The number of nitrogens with two attached hydrogens (primary N) is 1. The summed E-state index contributed by atoms with van der Waals surface area (Å²) < 4.78 is 32.1. The number of hydrogen-bond acceptors (Lipinski definition) is 2. The molecule has 0 aliphatic carbocycles. The Hall–Kier alpha value is -2.10. The normalized spacial score (nSPS) is 10.4. The van der Waals surface area contributed by atoms with E-state index in [1.165, 1.54) is 6.07 Å². The smallest absolute Gasteiger partial charge is 0.203 e. The Morgan fingerprint density at radius 1 is 1.06 bits per heavy atom. The number of anilines is 1. The van der Waals surface area contributed by atoms with Gasteiger partial charge in [0.05, 0.1) is 5.69 Å². The lowest BCUT2D eigenvalue weighted by molar-refractivity contribution is 0.416. The van der Waals surface area contributed by atoms with Gasteiger partial charge in [0.25, 0.3) is 0 Å². The van der Waals surface area contributed by atoms with Crippen LogP contribution in [0.4, 0.5) is 14.5 Å². The molecule has 0 aliphatic heterocycles. The largest absolute Gasteiger partial charge is 0.452 e. The maximum absolute atomic E-state index is 13.6. The first-order valence-corrected chi connectivity index (χ1v) is 5.47. The van der Waals surface area contributed by atoms with Gasteiger partial charge < -0.3 is 10.5 Å². The molecule has 0 bridgehead atoms. The number of nitrogen functional groups attached to an aromatic ring is 1. The summed E-state index contributed by atoms with van der Waals surface area (Å²) in [6.07, 6.45) is 0. The van der Waals surface area contributed by atoms with E-state index in [0.29, 0.717) is 5.75 Å². The number of benzene rings is 2. The zero-order valence-electron chi connectivity index (χ0n) is 10.1. The second-order valence-electron chi connectivity index (χ2n) is 4.15. The Labute approximate surface area is 104 Å². The van der Waals surface area contributed by atoms with Crippen LogP contribution >= 0.6 is 0 Å². The van der Waals surface area contributed by atoms with E-state index in [0.717, 1.165) is 17.2 Å². The maximum Gasteiger partial charge on any atom is 0.203 e. The van der Waals surface area contributed by atoms with Crippen LogP contribution in [0.2, 0.25) is 0 Å². The van der Waals surface area contributed by atoms with Gasteiger partial charge >= 0.3 is 0 Å². The van der Waals surface area contributed by atoms with Gasteiger partial charge in [-0.05, 0) is 43.2 Å². The molecule has 2 aromatic rings. The molecule has 0 unspecified atom stereocenters. The molecule has 2 N–H and O–H groups in total. The molecule has 0 saturated carbocycles. The van der Waals surface area contributed by atoms with Crippen molar-refractivity contribution in [1.29, 1.82) is 0 Å². The van der Waals surface area contributed by atoms with E-state index < -0.39 is 11.6 Å². The molecule has 2 aromatic carbocycles. The molecule has 94 valence electrons. The van der Waals surface area contributed by atoms with Gasteiger partial charge in [0.1, 0.15) is 5.75 Å². The molecule has 0 radical (unpaired) electrons. The summed E-state index contributed by atoms with van der Waals surface area (Å²) in [5.41, 5.74) is 7.45. The third kappa shape index (κ3) is 2.27. The standard InChI is InChI=1S/C14H13F2NO/c1-8-3-4-9(2)12(7-8)18-14-11(17)6-5-10(15)13(14)16/h3-7H,17H2,1-2H3. The lowest BCUT2D eigenvalue weighted by atomic mass is 10.1. The van der Waals surface area contributed by atoms with Crippen molar-refractivity contribution in [2.75, 3.05) is 5.73 Å². The third-order valence-electron chi connectivity index (χ3n) is 2.64.